The monoisotopic (exact) mass is 534 g/mol. The molecule has 2 aromatic carbocycles. The highest BCUT2D eigenvalue weighted by atomic mass is 28.3. The van der Waals surface area contributed by atoms with E-state index in [4.69, 9.17) is 0 Å². The second-order valence-corrected chi connectivity index (χ2v) is 14.9. The van der Waals surface area contributed by atoms with Crippen LogP contribution in [-0.2, 0) is 0 Å². The molecule has 1 saturated carbocycles. The normalized spacial score (nSPS) is 24.4. The first kappa shape index (κ1) is 28.2. The summed E-state index contributed by atoms with van der Waals surface area (Å²) in [6, 6.07) is 14.7. The molecule has 0 amide bonds. The summed E-state index contributed by atoms with van der Waals surface area (Å²) in [5.41, 5.74) is 2.23. The van der Waals surface area contributed by atoms with Gasteiger partial charge in [0.1, 0.15) is 0 Å². The van der Waals surface area contributed by atoms with Gasteiger partial charge in [0.15, 0.2) is 17.4 Å². The van der Waals surface area contributed by atoms with Crippen molar-refractivity contribution in [3.63, 3.8) is 0 Å². The van der Waals surface area contributed by atoms with Gasteiger partial charge in [-0.2, -0.15) is 8.78 Å². The van der Waals surface area contributed by atoms with Crippen LogP contribution in [0.2, 0.25) is 18.1 Å². The smallest absolute Gasteiger partial charge is 0.387 e. The van der Waals surface area contributed by atoms with E-state index in [1.807, 2.05) is 24.3 Å². The van der Waals surface area contributed by atoms with Crippen LogP contribution in [0.1, 0.15) is 89.0 Å². The summed E-state index contributed by atoms with van der Waals surface area (Å²) < 4.78 is 57.0. The summed E-state index contributed by atoms with van der Waals surface area (Å²) in [4.78, 5) is 0. The van der Waals surface area contributed by atoms with Crippen LogP contribution < -0.4 is 4.74 Å². The van der Waals surface area contributed by atoms with E-state index in [0.717, 1.165) is 24.0 Å². The number of hydrogen-bond donors (Lipinski definition) is 0. The molecule has 0 unspecified atom stereocenters. The molecule has 0 spiro atoms. The van der Waals surface area contributed by atoms with E-state index in [0.29, 0.717) is 17.0 Å². The Morgan fingerprint density at radius 1 is 0.811 bits per heavy atom. The van der Waals surface area contributed by atoms with Gasteiger partial charge in [0, 0.05) is 8.80 Å². The molecular weight excluding hydrogens is 492 g/mol. The van der Waals surface area contributed by atoms with Crippen LogP contribution in [0, 0.1) is 23.5 Å². The second kappa shape index (κ2) is 13.8. The average molecular weight is 535 g/mol. The van der Waals surface area contributed by atoms with E-state index >= 15 is 0 Å². The summed E-state index contributed by atoms with van der Waals surface area (Å²) in [5.74, 6) is -0.922. The van der Waals surface area contributed by atoms with Gasteiger partial charge in [-0.25, -0.2) is 8.78 Å². The van der Waals surface area contributed by atoms with Gasteiger partial charge < -0.3 is 4.74 Å². The highest BCUT2D eigenvalue weighted by Gasteiger charge is 2.26. The van der Waals surface area contributed by atoms with Gasteiger partial charge in [-0.05, 0) is 72.3 Å². The third-order valence-electron chi connectivity index (χ3n) is 8.93. The van der Waals surface area contributed by atoms with E-state index < -0.39 is 32.8 Å². The van der Waals surface area contributed by atoms with Crippen LogP contribution in [0.5, 0.6) is 5.75 Å². The van der Waals surface area contributed by atoms with Crippen molar-refractivity contribution in [3.05, 3.63) is 53.6 Å². The molecule has 0 bridgehead atoms. The fraction of sp³-hybridized carbons (Fsp3) is 0.613. The molecule has 0 aromatic heterocycles. The molecular formula is C31H42F4OSi. The molecule has 0 radical (unpaired) electrons. The summed E-state index contributed by atoms with van der Waals surface area (Å²) in [6.45, 7) is -0.972. The molecule has 0 N–H and O–H groups in total. The van der Waals surface area contributed by atoms with Gasteiger partial charge >= 0.3 is 6.61 Å². The molecule has 6 heteroatoms. The van der Waals surface area contributed by atoms with Crippen LogP contribution in [0.3, 0.4) is 0 Å². The van der Waals surface area contributed by atoms with Crippen molar-refractivity contribution in [2.75, 3.05) is 0 Å². The molecule has 2 fully saturated rings. The first-order chi connectivity index (χ1) is 17.9. The zero-order valence-corrected chi connectivity index (χ0v) is 23.3. The molecule has 204 valence electrons. The first-order valence-electron chi connectivity index (χ1n) is 14.5. The molecule has 4 rings (SSSR count). The first-order valence-corrected chi connectivity index (χ1v) is 16.9. The van der Waals surface area contributed by atoms with Crippen LogP contribution in [0.4, 0.5) is 17.6 Å². The molecule has 1 saturated heterocycles. The van der Waals surface area contributed by atoms with Gasteiger partial charge in [0.25, 0.3) is 0 Å². The minimum Gasteiger partial charge on any atom is -0.429 e. The Morgan fingerprint density at radius 2 is 1.41 bits per heavy atom. The zero-order chi connectivity index (χ0) is 26.2. The van der Waals surface area contributed by atoms with Crippen molar-refractivity contribution in [2.24, 2.45) is 11.8 Å². The number of ether oxygens (including phenoxy) is 1. The van der Waals surface area contributed by atoms with E-state index in [1.54, 1.807) is 18.1 Å². The van der Waals surface area contributed by atoms with Gasteiger partial charge in [-0.3, -0.25) is 0 Å². The molecule has 1 heterocycles. The molecule has 1 aliphatic heterocycles. The third kappa shape index (κ3) is 8.08. The molecule has 2 aliphatic rings. The van der Waals surface area contributed by atoms with Crippen molar-refractivity contribution in [3.8, 4) is 16.9 Å². The van der Waals surface area contributed by atoms with Crippen molar-refractivity contribution < 1.29 is 22.3 Å². The number of rotatable bonds is 11. The standard InChI is InChI=1S/C31H42F4OSi/c1-2-3-4-17-37-18-15-23(16-19-37)6-5-22-7-9-24(10-8-22)25-11-13-26(14-12-25)27-20-28(32)30(29(33)21-27)36-31(34)35/h11-14,20-24,31,37H,2-10,15-19H2,1H3/t22-,23-,24-,37-. The molecule has 37 heavy (non-hydrogen) atoms. The Hall–Kier alpha value is -1.82. The summed E-state index contributed by atoms with van der Waals surface area (Å²) >= 11 is 0. The van der Waals surface area contributed by atoms with Gasteiger partial charge in [0.05, 0.1) is 0 Å². The minimum atomic E-state index is -3.27. The Morgan fingerprint density at radius 3 is 1.97 bits per heavy atom. The van der Waals surface area contributed by atoms with Crippen molar-refractivity contribution in [1.82, 2.24) is 0 Å². The predicted molar refractivity (Wildman–Crippen MR) is 146 cm³/mol. The molecule has 2 aromatic rings. The van der Waals surface area contributed by atoms with E-state index in [1.165, 1.54) is 76.2 Å². The van der Waals surface area contributed by atoms with Crippen LogP contribution in [-0.4, -0.2) is 15.4 Å². The number of unbranched alkanes of at least 4 members (excludes halogenated alkanes) is 2. The summed E-state index contributed by atoms with van der Waals surface area (Å²) in [5, 5.41) is 0. The molecule has 1 nitrogen and oxygen atoms in total. The van der Waals surface area contributed by atoms with E-state index in [9.17, 15) is 17.6 Å². The van der Waals surface area contributed by atoms with Crippen molar-refractivity contribution >= 4 is 8.80 Å². The number of hydrogen-bond acceptors (Lipinski definition) is 1. The van der Waals surface area contributed by atoms with Crippen LogP contribution in [0.25, 0.3) is 11.1 Å². The lowest BCUT2D eigenvalue weighted by Gasteiger charge is -2.32. The maximum atomic E-state index is 14.1. The SMILES string of the molecule is CCCCC[Si@H]1CC[C@H](CC[C@H]2CC[C@H](c3ccc(-c4cc(F)c(OC(F)F)c(F)c4)cc3)CC2)CC1. The van der Waals surface area contributed by atoms with E-state index in [2.05, 4.69) is 11.7 Å². The fourth-order valence-corrected chi connectivity index (χ4v) is 10.2. The maximum absolute atomic E-state index is 14.1. The topological polar surface area (TPSA) is 9.23 Å². The average Bonchev–Trinajstić information content (AvgIpc) is 2.90. The van der Waals surface area contributed by atoms with Crippen LogP contribution >= 0.6 is 0 Å². The van der Waals surface area contributed by atoms with E-state index in [-0.39, 0.29) is 0 Å². The number of benzene rings is 2. The lowest BCUT2D eigenvalue weighted by molar-refractivity contribution is -0.0546. The second-order valence-electron chi connectivity index (χ2n) is 11.4. The van der Waals surface area contributed by atoms with Crippen molar-refractivity contribution in [1.29, 1.82) is 0 Å². The maximum Gasteiger partial charge on any atom is 0.387 e. The van der Waals surface area contributed by atoms with Gasteiger partial charge in [-0.15, -0.1) is 0 Å². The van der Waals surface area contributed by atoms with Crippen molar-refractivity contribution in [2.45, 2.75) is 108 Å². The Labute approximate surface area is 221 Å². The predicted octanol–water partition coefficient (Wildman–Crippen LogP) is 10.1. The largest absolute Gasteiger partial charge is 0.429 e. The highest BCUT2D eigenvalue weighted by molar-refractivity contribution is 6.58. The van der Waals surface area contributed by atoms with Gasteiger partial charge in [-0.1, -0.05) is 94.3 Å². The van der Waals surface area contributed by atoms with Gasteiger partial charge in [0.2, 0.25) is 0 Å². The Bertz CT molecular complexity index is 941. The number of halogens is 4. The summed E-state index contributed by atoms with van der Waals surface area (Å²) in [7, 11) is -0.406. The lowest BCUT2D eigenvalue weighted by atomic mass is 9.76. The zero-order valence-electron chi connectivity index (χ0n) is 22.2. The summed E-state index contributed by atoms with van der Waals surface area (Å²) in [6.07, 6.45) is 15.0. The Kier molecular flexibility index (Phi) is 10.5. The Balaban J connectivity index is 1.21. The van der Waals surface area contributed by atoms with Crippen LogP contribution in [0.15, 0.2) is 36.4 Å². The number of alkyl halides is 2. The highest BCUT2D eigenvalue weighted by Crippen LogP contribution is 2.40. The molecule has 0 atom stereocenters. The fourth-order valence-electron chi connectivity index (χ4n) is 6.62. The minimum absolute atomic E-state index is 0.310. The lowest BCUT2D eigenvalue weighted by Crippen LogP contribution is -2.22. The third-order valence-corrected chi connectivity index (χ3v) is 12.5. The molecule has 1 aliphatic carbocycles. The quantitative estimate of drug-likeness (QED) is 0.158.